The molecule has 2 nitrogen and oxygen atoms in total. The van der Waals surface area contributed by atoms with Crippen LogP contribution < -0.4 is 5.73 Å². The molecule has 54 valence electrons. The second kappa shape index (κ2) is 3.01. The molecule has 0 bridgehead atoms. The molecule has 0 aliphatic rings. The Kier molecular flexibility index (Phi) is 2.27. The fraction of sp³-hybridized carbons (Fsp3) is 0.143. The van der Waals surface area contributed by atoms with Gasteiger partial charge in [-0.25, -0.2) is 0 Å². The first-order valence-corrected chi connectivity index (χ1v) is 3.33. The summed E-state index contributed by atoms with van der Waals surface area (Å²) in [6, 6.07) is 5.35. The van der Waals surface area contributed by atoms with Crippen LogP contribution in [0, 0.1) is 0 Å². The van der Waals surface area contributed by atoms with Crippen molar-refractivity contribution in [3.8, 4) is 0 Å². The van der Waals surface area contributed by atoms with Gasteiger partial charge in [0.2, 0.25) is 0 Å². The standard InChI is InChI=1S/C7H8ClNO/c8-6-3-1-2-5(4-10)7(6)9/h1-3,10H,4,9H2/p+1. The molecule has 1 rings (SSSR count). The Labute approximate surface area is 64.2 Å². The van der Waals surface area contributed by atoms with Gasteiger partial charge in [-0.05, 0) is 6.07 Å². The fourth-order valence-electron chi connectivity index (χ4n) is 0.751. The van der Waals surface area contributed by atoms with Gasteiger partial charge in [-0.1, -0.05) is 23.7 Å². The van der Waals surface area contributed by atoms with E-state index in [2.05, 4.69) is 5.73 Å². The molecule has 0 radical (unpaired) electrons. The van der Waals surface area contributed by atoms with Gasteiger partial charge in [-0.15, -0.1) is 0 Å². The molecule has 10 heavy (non-hydrogen) atoms. The normalized spacial score (nSPS) is 9.90. The molecule has 0 aromatic heterocycles. The van der Waals surface area contributed by atoms with Crippen molar-refractivity contribution in [3.05, 3.63) is 28.8 Å². The molecular formula is C7H9ClNO+. The number of halogens is 1. The summed E-state index contributed by atoms with van der Waals surface area (Å²) in [6.45, 7) is -0.000602. The van der Waals surface area contributed by atoms with E-state index in [4.69, 9.17) is 16.7 Å². The lowest BCUT2D eigenvalue weighted by atomic mass is 10.2. The average molecular weight is 159 g/mol. The summed E-state index contributed by atoms with van der Waals surface area (Å²) >= 11 is 5.72. The Balaban J connectivity index is 3.14. The molecule has 0 spiro atoms. The van der Waals surface area contributed by atoms with Gasteiger partial charge in [-0.3, -0.25) is 0 Å². The van der Waals surface area contributed by atoms with Gasteiger partial charge in [0.05, 0.1) is 6.61 Å². The molecule has 1 aromatic carbocycles. The number of quaternary nitrogens is 1. The highest BCUT2D eigenvalue weighted by Crippen LogP contribution is 2.19. The van der Waals surface area contributed by atoms with Crippen LogP contribution in [-0.2, 0) is 6.61 Å². The second-order valence-electron chi connectivity index (χ2n) is 2.04. The van der Waals surface area contributed by atoms with E-state index in [9.17, 15) is 0 Å². The smallest absolute Gasteiger partial charge is 0.152 e. The molecule has 0 unspecified atom stereocenters. The molecule has 0 heterocycles. The second-order valence-corrected chi connectivity index (χ2v) is 2.44. The van der Waals surface area contributed by atoms with Crippen molar-refractivity contribution < 1.29 is 10.8 Å². The topological polar surface area (TPSA) is 47.9 Å². The molecule has 0 fully saturated rings. The summed E-state index contributed by atoms with van der Waals surface area (Å²) in [5, 5.41) is 9.35. The van der Waals surface area contributed by atoms with Crippen LogP contribution in [0.3, 0.4) is 0 Å². The predicted molar refractivity (Wildman–Crippen MR) is 39.9 cm³/mol. The number of aliphatic hydroxyl groups is 1. The third-order valence-electron chi connectivity index (χ3n) is 1.39. The van der Waals surface area contributed by atoms with Crippen molar-refractivity contribution in [3.63, 3.8) is 0 Å². The highest BCUT2D eigenvalue weighted by Gasteiger charge is 2.03. The minimum Gasteiger partial charge on any atom is -0.391 e. The lowest BCUT2D eigenvalue weighted by Crippen LogP contribution is -2.41. The van der Waals surface area contributed by atoms with Crippen LogP contribution in [0.15, 0.2) is 18.2 Å². The molecule has 0 saturated heterocycles. The number of aliphatic hydroxyl groups excluding tert-OH is 1. The van der Waals surface area contributed by atoms with Crippen LogP contribution in [0.5, 0.6) is 0 Å². The molecule has 0 atom stereocenters. The van der Waals surface area contributed by atoms with Crippen LogP contribution >= 0.6 is 11.6 Å². The van der Waals surface area contributed by atoms with Crippen molar-refractivity contribution in [1.82, 2.24) is 0 Å². The molecule has 0 aliphatic carbocycles. The number of hydrogen-bond acceptors (Lipinski definition) is 1. The monoisotopic (exact) mass is 158 g/mol. The Morgan fingerprint density at radius 3 is 2.70 bits per heavy atom. The van der Waals surface area contributed by atoms with Crippen molar-refractivity contribution >= 4 is 17.3 Å². The average Bonchev–Trinajstić information content (AvgIpc) is 1.95. The van der Waals surface area contributed by atoms with Gasteiger partial charge in [0.15, 0.2) is 5.69 Å². The largest absolute Gasteiger partial charge is 0.391 e. The van der Waals surface area contributed by atoms with E-state index in [-0.39, 0.29) is 6.61 Å². The van der Waals surface area contributed by atoms with Gasteiger partial charge in [0.1, 0.15) is 5.02 Å². The van der Waals surface area contributed by atoms with Crippen LogP contribution in [0.1, 0.15) is 5.56 Å². The maximum atomic E-state index is 8.74. The van der Waals surface area contributed by atoms with Crippen LogP contribution in [0.25, 0.3) is 0 Å². The van der Waals surface area contributed by atoms with Crippen molar-refractivity contribution in [2.24, 2.45) is 0 Å². The highest BCUT2D eigenvalue weighted by atomic mass is 35.5. The van der Waals surface area contributed by atoms with Crippen molar-refractivity contribution in [2.75, 3.05) is 0 Å². The Hall–Kier alpha value is -0.570. The van der Waals surface area contributed by atoms with Gasteiger partial charge < -0.3 is 10.8 Å². The minimum absolute atomic E-state index is 0.000602. The Bertz CT molecular complexity index is 237. The highest BCUT2D eigenvalue weighted by molar-refractivity contribution is 6.32. The van der Waals surface area contributed by atoms with Crippen LogP contribution in [-0.4, -0.2) is 5.11 Å². The SMILES string of the molecule is [NH3+]c1c(Cl)cccc1CO. The summed E-state index contributed by atoms with van der Waals surface area (Å²) < 4.78 is 0. The first-order chi connectivity index (χ1) is 4.75. The van der Waals surface area contributed by atoms with Gasteiger partial charge >= 0.3 is 0 Å². The first kappa shape index (κ1) is 7.54. The number of benzene rings is 1. The molecular weight excluding hydrogens is 150 g/mol. The third-order valence-corrected chi connectivity index (χ3v) is 1.74. The minimum atomic E-state index is -0.000602. The Morgan fingerprint density at radius 1 is 1.50 bits per heavy atom. The summed E-state index contributed by atoms with van der Waals surface area (Å²) in [7, 11) is 0. The lowest BCUT2D eigenvalue weighted by molar-refractivity contribution is -0.256. The molecule has 0 amide bonds. The lowest BCUT2D eigenvalue weighted by Gasteiger charge is -1.97. The quantitative estimate of drug-likeness (QED) is 0.621. The molecule has 0 aliphatic heterocycles. The van der Waals surface area contributed by atoms with E-state index in [1.54, 1.807) is 18.2 Å². The van der Waals surface area contributed by atoms with E-state index in [1.165, 1.54) is 0 Å². The van der Waals surface area contributed by atoms with E-state index >= 15 is 0 Å². The summed E-state index contributed by atoms with van der Waals surface area (Å²) in [6.07, 6.45) is 0. The molecule has 0 saturated carbocycles. The van der Waals surface area contributed by atoms with E-state index < -0.39 is 0 Å². The molecule has 3 heteroatoms. The zero-order chi connectivity index (χ0) is 7.56. The summed E-state index contributed by atoms with van der Waals surface area (Å²) in [5.41, 5.74) is 5.20. The maximum Gasteiger partial charge on any atom is 0.152 e. The predicted octanol–water partition coefficient (Wildman–Crippen LogP) is 0.706. The zero-order valence-corrected chi connectivity index (χ0v) is 6.23. The zero-order valence-electron chi connectivity index (χ0n) is 5.47. The maximum absolute atomic E-state index is 8.74. The van der Waals surface area contributed by atoms with Gasteiger partial charge in [0, 0.05) is 5.56 Å². The Morgan fingerprint density at radius 2 is 2.20 bits per heavy atom. The number of hydrogen-bond donors (Lipinski definition) is 2. The van der Waals surface area contributed by atoms with Crippen molar-refractivity contribution in [1.29, 1.82) is 0 Å². The van der Waals surface area contributed by atoms with Gasteiger partial charge in [0.25, 0.3) is 0 Å². The summed E-state index contributed by atoms with van der Waals surface area (Å²) in [5.74, 6) is 0. The third kappa shape index (κ3) is 1.29. The van der Waals surface area contributed by atoms with Gasteiger partial charge in [-0.2, -0.15) is 0 Å². The van der Waals surface area contributed by atoms with Crippen LogP contribution in [0.4, 0.5) is 5.69 Å². The van der Waals surface area contributed by atoms with E-state index in [1.807, 2.05) is 0 Å². The van der Waals surface area contributed by atoms with Crippen LogP contribution in [0.2, 0.25) is 5.02 Å². The number of rotatable bonds is 1. The molecule has 1 aromatic rings. The fourth-order valence-corrected chi connectivity index (χ4v) is 0.946. The first-order valence-electron chi connectivity index (χ1n) is 2.96. The van der Waals surface area contributed by atoms with E-state index in [0.29, 0.717) is 10.7 Å². The molecule has 4 N–H and O–H groups in total. The summed E-state index contributed by atoms with van der Waals surface area (Å²) in [4.78, 5) is 0. The van der Waals surface area contributed by atoms with Crippen molar-refractivity contribution in [2.45, 2.75) is 6.61 Å². The van der Waals surface area contributed by atoms with E-state index in [0.717, 1.165) is 5.56 Å².